The first-order valence-corrected chi connectivity index (χ1v) is 6.70. The van der Waals surface area contributed by atoms with Gasteiger partial charge in [-0.3, -0.25) is 4.79 Å². The highest BCUT2D eigenvalue weighted by molar-refractivity contribution is 7.80. The molecule has 0 saturated heterocycles. The minimum Gasteiger partial charge on any atom is -0.363 e. The van der Waals surface area contributed by atoms with Crippen molar-refractivity contribution in [3.8, 4) is 0 Å². The van der Waals surface area contributed by atoms with E-state index < -0.39 is 5.41 Å². The normalized spacial score (nSPS) is 10.7. The second-order valence-electron chi connectivity index (χ2n) is 5.27. The van der Waals surface area contributed by atoms with Crippen LogP contribution < -0.4 is 16.0 Å². The van der Waals surface area contributed by atoms with E-state index in [0.717, 1.165) is 17.9 Å². The fraction of sp³-hybridized carbons (Fsp3) is 0.429. The van der Waals surface area contributed by atoms with E-state index in [-0.39, 0.29) is 5.91 Å². The van der Waals surface area contributed by atoms with E-state index in [2.05, 4.69) is 16.0 Å². The van der Waals surface area contributed by atoms with Crippen LogP contribution in [0.3, 0.4) is 0 Å². The largest absolute Gasteiger partial charge is 0.363 e. The average molecular weight is 279 g/mol. The molecule has 0 atom stereocenters. The zero-order valence-corrected chi connectivity index (χ0v) is 12.6. The average Bonchev–Trinajstić information content (AvgIpc) is 2.28. The zero-order valence-electron chi connectivity index (χ0n) is 11.8. The lowest BCUT2D eigenvalue weighted by Gasteiger charge is -2.18. The van der Waals surface area contributed by atoms with Crippen molar-refractivity contribution in [3.63, 3.8) is 0 Å². The lowest BCUT2D eigenvalue weighted by molar-refractivity contribution is -0.123. The van der Waals surface area contributed by atoms with Gasteiger partial charge in [0.15, 0.2) is 5.11 Å². The van der Waals surface area contributed by atoms with Crippen LogP contribution in [0.2, 0.25) is 0 Å². The third-order valence-electron chi connectivity index (χ3n) is 2.40. The number of hydrogen-bond acceptors (Lipinski definition) is 2. The number of hydrogen-bond donors (Lipinski definition) is 3. The van der Waals surface area contributed by atoms with Crippen molar-refractivity contribution >= 4 is 34.6 Å². The van der Waals surface area contributed by atoms with Gasteiger partial charge in [0.1, 0.15) is 0 Å². The van der Waals surface area contributed by atoms with Crippen LogP contribution in [-0.2, 0) is 4.79 Å². The number of thiocarbonyl (C=S) groups is 1. The maximum atomic E-state index is 11.9. The van der Waals surface area contributed by atoms with E-state index in [1.54, 1.807) is 0 Å². The van der Waals surface area contributed by atoms with Gasteiger partial charge in [-0.15, -0.1) is 0 Å². The summed E-state index contributed by atoms with van der Waals surface area (Å²) in [7, 11) is 0. The SMILES string of the molecule is CCNC(=S)Nc1cccc(NC(=O)C(C)(C)C)c1. The molecule has 1 aromatic carbocycles. The number of amides is 1. The van der Waals surface area contributed by atoms with E-state index >= 15 is 0 Å². The number of carbonyl (C=O) groups excluding carboxylic acids is 1. The highest BCUT2D eigenvalue weighted by Crippen LogP contribution is 2.19. The second kappa shape index (κ2) is 6.52. The number of rotatable bonds is 3. The Labute approximate surface area is 120 Å². The van der Waals surface area contributed by atoms with Crippen LogP contribution in [0, 0.1) is 5.41 Å². The molecule has 104 valence electrons. The smallest absolute Gasteiger partial charge is 0.229 e. The number of benzene rings is 1. The first kappa shape index (κ1) is 15.4. The van der Waals surface area contributed by atoms with Crippen LogP contribution in [0.25, 0.3) is 0 Å². The molecule has 0 saturated carbocycles. The van der Waals surface area contributed by atoms with Crippen molar-refractivity contribution in [3.05, 3.63) is 24.3 Å². The maximum absolute atomic E-state index is 11.9. The molecule has 0 aliphatic rings. The van der Waals surface area contributed by atoms with Crippen LogP contribution in [0.1, 0.15) is 27.7 Å². The zero-order chi connectivity index (χ0) is 14.5. The van der Waals surface area contributed by atoms with E-state index in [9.17, 15) is 4.79 Å². The van der Waals surface area contributed by atoms with Crippen LogP contribution >= 0.6 is 12.2 Å². The summed E-state index contributed by atoms with van der Waals surface area (Å²) in [5.41, 5.74) is 1.18. The van der Waals surface area contributed by atoms with Crippen molar-refractivity contribution in [1.29, 1.82) is 0 Å². The summed E-state index contributed by atoms with van der Waals surface area (Å²) in [5, 5.41) is 9.53. The van der Waals surface area contributed by atoms with Crippen molar-refractivity contribution in [2.75, 3.05) is 17.2 Å². The van der Waals surface area contributed by atoms with Gasteiger partial charge in [0.25, 0.3) is 0 Å². The molecule has 1 amide bonds. The fourth-order valence-electron chi connectivity index (χ4n) is 1.33. The van der Waals surface area contributed by atoms with Gasteiger partial charge in [0.05, 0.1) is 0 Å². The van der Waals surface area contributed by atoms with Crippen molar-refractivity contribution in [2.45, 2.75) is 27.7 Å². The quantitative estimate of drug-likeness (QED) is 0.745. The molecule has 5 heteroatoms. The van der Waals surface area contributed by atoms with Gasteiger partial charge in [0, 0.05) is 23.3 Å². The van der Waals surface area contributed by atoms with Crippen LogP contribution in [0.5, 0.6) is 0 Å². The van der Waals surface area contributed by atoms with Crippen molar-refractivity contribution in [1.82, 2.24) is 5.32 Å². The van der Waals surface area contributed by atoms with Crippen molar-refractivity contribution < 1.29 is 4.79 Å². The van der Waals surface area contributed by atoms with Gasteiger partial charge in [-0.25, -0.2) is 0 Å². The summed E-state index contributed by atoms with van der Waals surface area (Å²) in [4.78, 5) is 11.9. The molecule has 0 fully saturated rings. The van der Waals surface area contributed by atoms with Gasteiger partial charge in [-0.1, -0.05) is 26.8 Å². The summed E-state index contributed by atoms with van der Waals surface area (Å²) < 4.78 is 0. The molecule has 0 bridgehead atoms. The summed E-state index contributed by atoms with van der Waals surface area (Å²) in [5.74, 6) is -0.0149. The Bertz CT molecular complexity index is 466. The lowest BCUT2D eigenvalue weighted by atomic mass is 9.95. The van der Waals surface area contributed by atoms with E-state index in [1.165, 1.54) is 0 Å². The molecule has 0 aliphatic heterocycles. The molecule has 1 aromatic rings. The number of carbonyl (C=O) groups is 1. The number of nitrogens with one attached hydrogen (secondary N) is 3. The molecule has 4 nitrogen and oxygen atoms in total. The molecule has 0 aromatic heterocycles. The van der Waals surface area contributed by atoms with Gasteiger partial charge in [-0.05, 0) is 37.3 Å². The van der Waals surface area contributed by atoms with E-state index in [1.807, 2.05) is 52.0 Å². The Morgan fingerprint density at radius 2 is 1.79 bits per heavy atom. The van der Waals surface area contributed by atoms with Crippen LogP contribution in [0.15, 0.2) is 24.3 Å². The number of anilines is 2. The van der Waals surface area contributed by atoms with E-state index in [4.69, 9.17) is 12.2 Å². The highest BCUT2D eigenvalue weighted by atomic mass is 32.1. The third-order valence-corrected chi connectivity index (χ3v) is 2.64. The summed E-state index contributed by atoms with van der Waals surface area (Å²) in [6, 6.07) is 7.48. The lowest BCUT2D eigenvalue weighted by Crippen LogP contribution is -2.28. The standard InChI is InChI=1S/C14H21N3OS/c1-5-15-13(19)17-11-8-6-7-10(9-11)16-12(18)14(2,3)4/h6-9H,5H2,1-4H3,(H,16,18)(H2,15,17,19). The summed E-state index contributed by atoms with van der Waals surface area (Å²) >= 11 is 5.12. The Morgan fingerprint density at radius 1 is 1.21 bits per heavy atom. The van der Waals surface area contributed by atoms with E-state index in [0.29, 0.717) is 5.11 Å². The minimum atomic E-state index is -0.414. The topological polar surface area (TPSA) is 53.2 Å². The fourth-order valence-corrected chi connectivity index (χ4v) is 1.59. The van der Waals surface area contributed by atoms with Crippen molar-refractivity contribution in [2.24, 2.45) is 5.41 Å². The van der Waals surface area contributed by atoms with Gasteiger partial charge < -0.3 is 16.0 Å². The first-order valence-electron chi connectivity index (χ1n) is 6.29. The molecular formula is C14H21N3OS. The molecule has 0 heterocycles. The monoisotopic (exact) mass is 279 g/mol. The highest BCUT2D eigenvalue weighted by Gasteiger charge is 2.21. The Morgan fingerprint density at radius 3 is 2.32 bits per heavy atom. The molecule has 0 spiro atoms. The van der Waals surface area contributed by atoms with Crippen LogP contribution in [-0.4, -0.2) is 17.6 Å². The minimum absolute atomic E-state index is 0.0149. The molecule has 19 heavy (non-hydrogen) atoms. The first-order chi connectivity index (χ1) is 8.82. The molecule has 0 aliphatic carbocycles. The summed E-state index contributed by atoms with van der Waals surface area (Å²) in [6.45, 7) is 8.39. The summed E-state index contributed by atoms with van der Waals surface area (Å²) in [6.07, 6.45) is 0. The van der Waals surface area contributed by atoms with Gasteiger partial charge >= 0.3 is 0 Å². The Balaban J connectivity index is 2.72. The molecule has 0 radical (unpaired) electrons. The van der Waals surface area contributed by atoms with Gasteiger partial charge in [-0.2, -0.15) is 0 Å². The Kier molecular flexibility index (Phi) is 5.30. The molecule has 1 rings (SSSR count). The molecule has 3 N–H and O–H groups in total. The predicted octanol–water partition coefficient (Wildman–Crippen LogP) is 2.98. The predicted molar refractivity (Wildman–Crippen MR) is 84.4 cm³/mol. The molecule has 0 unspecified atom stereocenters. The Hall–Kier alpha value is -1.62. The van der Waals surface area contributed by atoms with Crippen LogP contribution in [0.4, 0.5) is 11.4 Å². The second-order valence-corrected chi connectivity index (χ2v) is 5.68. The third kappa shape index (κ3) is 5.26. The molecular weight excluding hydrogens is 258 g/mol. The maximum Gasteiger partial charge on any atom is 0.229 e. The van der Waals surface area contributed by atoms with Gasteiger partial charge in [0.2, 0.25) is 5.91 Å².